The summed E-state index contributed by atoms with van der Waals surface area (Å²) < 4.78 is 0. The van der Waals surface area contributed by atoms with Crippen molar-refractivity contribution in [3.05, 3.63) is 35.9 Å². The van der Waals surface area contributed by atoms with Crippen LogP contribution in [0.25, 0.3) is 0 Å². The van der Waals surface area contributed by atoms with Crippen LogP contribution in [-0.4, -0.2) is 50.6 Å². The molecule has 2 N–H and O–H groups in total. The average Bonchev–Trinajstić information content (AvgIpc) is 2.54. The highest BCUT2D eigenvalue weighted by atomic mass is 16.2. The van der Waals surface area contributed by atoms with Gasteiger partial charge < -0.3 is 15.5 Å². The first-order chi connectivity index (χ1) is 10.6. The van der Waals surface area contributed by atoms with Crippen LogP contribution in [0, 0.1) is 5.92 Å². The number of nitrogens with one attached hydrogen (secondary N) is 2. The Bertz CT molecular complexity index is 447. The van der Waals surface area contributed by atoms with Gasteiger partial charge in [-0.15, -0.1) is 0 Å². The van der Waals surface area contributed by atoms with Gasteiger partial charge in [0, 0.05) is 13.1 Å². The molecule has 0 aromatic heterocycles. The summed E-state index contributed by atoms with van der Waals surface area (Å²) in [6.45, 7) is 2.56. The second-order valence-electron chi connectivity index (χ2n) is 6.52. The molecule has 22 heavy (non-hydrogen) atoms. The summed E-state index contributed by atoms with van der Waals surface area (Å²) in [5.41, 5.74) is 1.40. The molecule has 0 aliphatic carbocycles. The molecule has 122 valence electrons. The number of piperidine rings is 1. The van der Waals surface area contributed by atoms with Crippen LogP contribution in [0.4, 0.5) is 0 Å². The third-order valence-electron chi connectivity index (χ3n) is 4.37. The minimum Gasteiger partial charge on any atom is -0.353 e. The van der Waals surface area contributed by atoms with Gasteiger partial charge >= 0.3 is 0 Å². The molecule has 2 atom stereocenters. The summed E-state index contributed by atoms with van der Waals surface area (Å²) in [6.07, 6.45) is 4.42. The van der Waals surface area contributed by atoms with E-state index in [1.165, 1.54) is 18.4 Å². The highest BCUT2D eigenvalue weighted by molar-refractivity contribution is 5.81. The molecule has 1 saturated heterocycles. The van der Waals surface area contributed by atoms with Crippen molar-refractivity contribution in [1.82, 2.24) is 15.5 Å². The number of likely N-dealkylation sites (N-methyl/N-ethyl adjacent to an activating group) is 1. The van der Waals surface area contributed by atoms with Crippen molar-refractivity contribution < 1.29 is 4.79 Å². The molecule has 1 aromatic rings. The third kappa shape index (κ3) is 5.78. The highest BCUT2D eigenvalue weighted by Crippen LogP contribution is 2.22. The molecule has 1 heterocycles. The number of amides is 1. The zero-order valence-corrected chi connectivity index (χ0v) is 13.8. The van der Waals surface area contributed by atoms with Crippen LogP contribution in [-0.2, 0) is 11.2 Å². The van der Waals surface area contributed by atoms with E-state index in [2.05, 4.69) is 45.9 Å². The molecular weight excluding hydrogens is 274 g/mol. The van der Waals surface area contributed by atoms with Crippen molar-refractivity contribution in [1.29, 1.82) is 0 Å². The molecule has 0 saturated carbocycles. The standard InChI is InChI=1S/C18H29N3O/c1-21(2)13-12-20-18(22)17-14-16(10-11-19-17)9-8-15-6-4-3-5-7-15/h3-7,16-17,19H,8-14H2,1-2H3,(H,20,22). The van der Waals surface area contributed by atoms with Gasteiger partial charge in [-0.25, -0.2) is 0 Å². The zero-order chi connectivity index (χ0) is 15.8. The SMILES string of the molecule is CN(C)CCNC(=O)C1CC(CCc2ccccc2)CCN1. The monoisotopic (exact) mass is 303 g/mol. The van der Waals surface area contributed by atoms with E-state index in [0.717, 1.165) is 32.5 Å². The predicted molar refractivity (Wildman–Crippen MR) is 90.8 cm³/mol. The van der Waals surface area contributed by atoms with Crippen LogP contribution < -0.4 is 10.6 Å². The number of nitrogens with zero attached hydrogens (tertiary/aromatic N) is 1. The van der Waals surface area contributed by atoms with Gasteiger partial charge in [0.1, 0.15) is 0 Å². The molecular formula is C18H29N3O. The number of aryl methyl sites for hydroxylation is 1. The first-order valence-corrected chi connectivity index (χ1v) is 8.35. The molecule has 1 aliphatic rings. The fourth-order valence-electron chi connectivity index (χ4n) is 3.00. The summed E-state index contributed by atoms with van der Waals surface area (Å²) in [5, 5.41) is 6.39. The number of rotatable bonds is 7. The van der Waals surface area contributed by atoms with Gasteiger partial charge in [0.15, 0.2) is 0 Å². The Labute approximate surface area is 134 Å². The highest BCUT2D eigenvalue weighted by Gasteiger charge is 2.26. The van der Waals surface area contributed by atoms with E-state index >= 15 is 0 Å². The van der Waals surface area contributed by atoms with Crippen LogP contribution in [0.5, 0.6) is 0 Å². The maximum Gasteiger partial charge on any atom is 0.237 e. The Kier molecular flexibility index (Phi) is 6.87. The lowest BCUT2D eigenvalue weighted by molar-refractivity contribution is -0.124. The third-order valence-corrected chi connectivity index (χ3v) is 4.37. The van der Waals surface area contributed by atoms with Crippen LogP contribution in [0.1, 0.15) is 24.8 Å². The van der Waals surface area contributed by atoms with E-state index in [-0.39, 0.29) is 11.9 Å². The van der Waals surface area contributed by atoms with Crippen LogP contribution in [0.2, 0.25) is 0 Å². The minimum atomic E-state index is -0.0170. The molecule has 1 aromatic carbocycles. The topological polar surface area (TPSA) is 44.4 Å². The van der Waals surface area contributed by atoms with E-state index < -0.39 is 0 Å². The molecule has 1 aliphatic heterocycles. The van der Waals surface area contributed by atoms with Crippen molar-refractivity contribution in [2.75, 3.05) is 33.7 Å². The summed E-state index contributed by atoms with van der Waals surface area (Å²) in [5.74, 6) is 0.803. The van der Waals surface area contributed by atoms with E-state index in [4.69, 9.17) is 0 Å². The van der Waals surface area contributed by atoms with Crippen molar-refractivity contribution in [2.45, 2.75) is 31.7 Å². The smallest absolute Gasteiger partial charge is 0.237 e. The fourth-order valence-corrected chi connectivity index (χ4v) is 3.00. The van der Waals surface area contributed by atoms with Crippen molar-refractivity contribution in [3.8, 4) is 0 Å². The summed E-state index contributed by atoms with van der Waals surface area (Å²) >= 11 is 0. The van der Waals surface area contributed by atoms with Gasteiger partial charge in [0.25, 0.3) is 0 Å². The second-order valence-corrected chi connectivity index (χ2v) is 6.52. The molecule has 1 amide bonds. The number of carbonyl (C=O) groups excluding carboxylic acids is 1. The molecule has 0 radical (unpaired) electrons. The summed E-state index contributed by atoms with van der Waals surface area (Å²) in [4.78, 5) is 14.3. The van der Waals surface area contributed by atoms with Gasteiger partial charge in [-0.3, -0.25) is 4.79 Å². The Morgan fingerprint density at radius 3 is 2.82 bits per heavy atom. The van der Waals surface area contributed by atoms with Gasteiger partial charge in [0.05, 0.1) is 6.04 Å². The largest absolute Gasteiger partial charge is 0.353 e. The van der Waals surface area contributed by atoms with E-state index in [1.54, 1.807) is 0 Å². The number of hydrogen-bond acceptors (Lipinski definition) is 3. The first kappa shape index (κ1) is 17.0. The molecule has 2 unspecified atom stereocenters. The van der Waals surface area contributed by atoms with Gasteiger partial charge in [0.2, 0.25) is 5.91 Å². The number of hydrogen-bond donors (Lipinski definition) is 2. The van der Waals surface area contributed by atoms with Gasteiger partial charge in [-0.1, -0.05) is 30.3 Å². The van der Waals surface area contributed by atoms with Gasteiger partial charge in [-0.2, -0.15) is 0 Å². The first-order valence-electron chi connectivity index (χ1n) is 8.35. The molecule has 4 nitrogen and oxygen atoms in total. The minimum absolute atomic E-state index is 0.0170. The maximum atomic E-state index is 12.2. The lowest BCUT2D eigenvalue weighted by Crippen LogP contribution is -2.49. The molecule has 0 bridgehead atoms. The lowest BCUT2D eigenvalue weighted by Gasteiger charge is -2.29. The van der Waals surface area contributed by atoms with Crippen LogP contribution >= 0.6 is 0 Å². The summed E-state index contributed by atoms with van der Waals surface area (Å²) in [6, 6.07) is 10.6. The normalized spacial score (nSPS) is 21.8. The quantitative estimate of drug-likeness (QED) is 0.805. The number of carbonyl (C=O) groups is 1. The Hall–Kier alpha value is -1.39. The zero-order valence-electron chi connectivity index (χ0n) is 13.8. The maximum absolute atomic E-state index is 12.2. The van der Waals surface area contributed by atoms with Gasteiger partial charge in [-0.05, 0) is 57.8 Å². The number of benzene rings is 1. The van der Waals surface area contributed by atoms with Crippen LogP contribution in [0.15, 0.2) is 30.3 Å². The second kappa shape index (κ2) is 8.91. The lowest BCUT2D eigenvalue weighted by atomic mass is 9.87. The van der Waals surface area contributed by atoms with Crippen molar-refractivity contribution >= 4 is 5.91 Å². The fraction of sp³-hybridized carbons (Fsp3) is 0.611. The Morgan fingerprint density at radius 2 is 2.09 bits per heavy atom. The van der Waals surface area contributed by atoms with E-state index in [9.17, 15) is 4.79 Å². The van der Waals surface area contributed by atoms with E-state index in [0.29, 0.717) is 5.92 Å². The average molecular weight is 303 g/mol. The van der Waals surface area contributed by atoms with Crippen molar-refractivity contribution in [3.63, 3.8) is 0 Å². The summed E-state index contributed by atoms with van der Waals surface area (Å²) in [7, 11) is 4.04. The molecule has 4 heteroatoms. The van der Waals surface area contributed by atoms with E-state index in [1.807, 2.05) is 14.1 Å². The predicted octanol–water partition coefficient (Wildman–Crippen LogP) is 1.67. The van der Waals surface area contributed by atoms with Crippen molar-refractivity contribution in [2.24, 2.45) is 5.92 Å². The molecule has 0 spiro atoms. The molecule has 2 rings (SSSR count). The van der Waals surface area contributed by atoms with Crippen LogP contribution in [0.3, 0.4) is 0 Å². The Balaban J connectivity index is 1.72. The Morgan fingerprint density at radius 1 is 1.32 bits per heavy atom. The molecule has 1 fully saturated rings.